The highest BCUT2D eigenvalue weighted by Crippen LogP contribution is 2.37. The van der Waals surface area contributed by atoms with Gasteiger partial charge in [-0.25, -0.2) is 4.99 Å². The fourth-order valence-corrected chi connectivity index (χ4v) is 2.41. The molecule has 4 heteroatoms. The molecule has 1 aromatic heterocycles. The lowest BCUT2D eigenvalue weighted by Gasteiger charge is -2.03. The van der Waals surface area contributed by atoms with Crippen LogP contribution in [0.5, 0.6) is 5.88 Å². The second-order valence-electron chi connectivity index (χ2n) is 4.92. The molecule has 2 N–H and O–H groups in total. The van der Waals surface area contributed by atoms with Crippen LogP contribution in [0, 0.1) is 5.92 Å². The molecule has 19 heavy (non-hydrogen) atoms. The van der Waals surface area contributed by atoms with Gasteiger partial charge in [0.05, 0.1) is 22.5 Å². The van der Waals surface area contributed by atoms with Crippen LogP contribution in [0.25, 0.3) is 11.3 Å². The highest BCUT2D eigenvalue weighted by atomic mass is 16.3. The number of H-pyrrole nitrogens is 1. The maximum atomic E-state index is 12.1. The quantitative estimate of drug-likeness (QED) is 0.865. The third-order valence-corrected chi connectivity index (χ3v) is 3.28. The van der Waals surface area contributed by atoms with Gasteiger partial charge in [0.2, 0.25) is 0 Å². The Morgan fingerprint density at radius 3 is 2.47 bits per heavy atom. The molecular formula is C15H14N2O2. The molecular weight excluding hydrogens is 240 g/mol. The van der Waals surface area contributed by atoms with E-state index < -0.39 is 0 Å². The molecule has 0 unspecified atom stereocenters. The number of benzene rings is 1. The fraction of sp³-hybridized carbons (Fsp3) is 0.200. The van der Waals surface area contributed by atoms with Crippen molar-refractivity contribution in [1.29, 1.82) is 0 Å². The summed E-state index contributed by atoms with van der Waals surface area (Å²) in [5.74, 6) is -0.170. The van der Waals surface area contributed by atoms with Crippen molar-refractivity contribution >= 4 is 11.6 Å². The second-order valence-corrected chi connectivity index (χ2v) is 4.92. The van der Waals surface area contributed by atoms with E-state index in [1.54, 1.807) is 0 Å². The molecule has 1 aliphatic heterocycles. The predicted octanol–water partition coefficient (Wildman–Crippen LogP) is 2.99. The van der Waals surface area contributed by atoms with Crippen LogP contribution >= 0.6 is 0 Å². The lowest BCUT2D eigenvalue weighted by atomic mass is 9.99. The van der Waals surface area contributed by atoms with Gasteiger partial charge in [-0.3, -0.25) is 4.79 Å². The van der Waals surface area contributed by atoms with E-state index in [0.717, 1.165) is 5.56 Å². The van der Waals surface area contributed by atoms with Gasteiger partial charge >= 0.3 is 0 Å². The predicted molar refractivity (Wildman–Crippen MR) is 73.6 cm³/mol. The number of aromatic nitrogens is 1. The molecule has 0 saturated heterocycles. The van der Waals surface area contributed by atoms with E-state index >= 15 is 0 Å². The third kappa shape index (κ3) is 1.68. The van der Waals surface area contributed by atoms with Crippen LogP contribution in [-0.2, 0) is 0 Å². The van der Waals surface area contributed by atoms with Crippen molar-refractivity contribution in [2.24, 2.45) is 10.9 Å². The number of nitrogens with zero attached hydrogens (tertiary/aromatic N) is 1. The molecule has 0 spiro atoms. The van der Waals surface area contributed by atoms with E-state index in [4.69, 9.17) is 0 Å². The van der Waals surface area contributed by atoms with E-state index in [9.17, 15) is 9.90 Å². The Morgan fingerprint density at radius 2 is 1.84 bits per heavy atom. The average Bonchev–Trinajstić information content (AvgIpc) is 2.91. The van der Waals surface area contributed by atoms with Gasteiger partial charge in [-0.15, -0.1) is 0 Å². The molecule has 2 aromatic rings. The Balaban J connectivity index is 2.22. The largest absolute Gasteiger partial charge is 0.494 e. The van der Waals surface area contributed by atoms with Gasteiger partial charge in [-0.2, -0.15) is 0 Å². The lowest BCUT2D eigenvalue weighted by Crippen LogP contribution is -2.06. The monoisotopic (exact) mass is 254 g/mol. The molecule has 0 saturated carbocycles. The summed E-state index contributed by atoms with van der Waals surface area (Å²) in [7, 11) is 0. The molecule has 0 radical (unpaired) electrons. The van der Waals surface area contributed by atoms with Crippen LogP contribution in [0.1, 0.15) is 29.8 Å². The van der Waals surface area contributed by atoms with Gasteiger partial charge in [0.25, 0.3) is 5.91 Å². The van der Waals surface area contributed by atoms with Crippen molar-refractivity contribution in [2.45, 2.75) is 13.8 Å². The molecule has 96 valence electrons. The van der Waals surface area contributed by atoms with Crippen LogP contribution in [-0.4, -0.2) is 21.7 Å². The highest BCUT2D eigenvalue weighted by molar-refractivity contribution is 6.25. The SMILES string of the molecule is CC(C)C1=NC(=O)c2c(-c3ccccc3)[nH]c(O)c21. The smallest absolute Gasteiger partial charge is 0.280 e. The summed E-state index contributed by atoms with van der Waals surface area (Å²) >= 11 is 0. The Bertz CT molecular complexity index is 682. The number of hydrogen-bond acceptors (Lipinski definition) is 2. The zero-order valence-electron chi connectivity index (χ0n) is 10.8. The Morgan fingerprint density at radius 1 is 1.16 bits per heavy atom. The molecule has 1 amide bonds. The van der Waals surface area contributed by atoms with Gasteiger partial charge in [-0.1, -0.05) is 44.2 Å². The van der Waals surface area contributed by atoms with Gasteiger partial charge < -0.3 is 10.1 Å². The first kappa shape index (κ1) is 11.7. The number of carbonyl (C=O) groups excluding carboxylic acids is 1. The maximum Gasteiger partial charge on any atom is 0.280 e. The first-order valence-corrected chi connectivity index (χ1v) is 6.23. The maximum absolute atomic E-state index is 12.1. The summed E-state index contributed by atoms with van der Waals surface area (Å²) in [4.78, 5) is 19.0. The second kappa shape index (κ2) is 4.09. The number of amides is 1. The normalized spacial score (nSPS) is 13.8. The molecule has 3 rings (SSSR count). The summed E-state index contributed by atoms with van der Waals surface area (Å²) in [6.07, 6.45) is 0. The fourth-order valence-electron chi connectivity index (χ4n) is 2.41. The van der Waals surface area contributed by atoms with Crippen LogP contribution in [0.2, 0.25) is 0 Å². The summed E-state index contributed by atoms with van der Waals surface area (Å²) in [5, 5.41) is 10.1. The number of nitrogens with one attached hydrogen (secondary N) is 1. The standard InChI is InChI=1S/C15H14N2O2/c1-8(2)12-10-11(15(19)16-12)13(17-14(10)18)9-6-4-3-5-7-9/h3-8,17-18H,1-2H3. The topological polar surface area (TPSA) is 65.5 Å². The van der Waals surface area contributed by atoms with Crippen molar-refractivity contribution in [3.05, 3.63) is 41.5 Å². The minimum Gasteiger partial charge on any atom is -0.494 e. The highest BCUT2D eigenvalue weighted by Gasteiger charge is 2.33. The summed E-state index contributed by atoms with van der Waals surface area (Å²) in [6, 6.07) is 9.48. The van der Waals surface area contributed by atoms with E-state index in [0.29, 0.717) is 22.5 Å². The third-order valence-electron chi connectivity index (χ3n) is 3.28. The van der Waals surface area contributed by atoms with Crippen molar-refractivity contribution in [3.63, 3.8) is 0 Å². The van der Waals surface area contributed by atoms with Crippen LogP contribution < -0.4 is 0 Å². The van der Waals surface area contributed by atoms with Crippen molar-refractivity contribution in [3.8, 4) is 17.1 Å². The zero-order chi connectivity index (χ0) is 13.6. The van der Waals surface area contributed by atoms with Gasteiger partial charge in [0.15, 0.2) is 5.88 Å². The number of fused-ring (bicyclic) bond motifs is 1. The van der Waals surface area contributed by atoms with Crippen LogP contribution in [0.15, 0.2) is 35.3 Å². The summed E-state index contributed by atoms with van der Waals surface area (Å²) in [5.41, 5.74) is 3.19. The van der Waals surface area contributed by atoms with Crippen LogP contribution in [0.4, 0.5) is 0 Å². The first-order valence-electron chi connectivity index (χ1n) is 6.23. The number of carbonyl (C=O) groups is 1. The first-order chi connectivity index (χ1) is 9.09. The molecule has 0 bridgehead atoms. The molecule has 4 nitrogen and oxygen atoms in total. The molecule has 1 aliphatic rings. The molecule has 1 aromatic carbocycles. The minimum atomic E-state index is -0.283. The zero-order valence-corrected chi connectivity index (χ0v) is 10.8. The number of aromatic amines is 1. The molecule has 2 heterocycles. The number of hydrogen-bond donors (Lipinski definition) is 2. The van der Waals surface area contributed by atoms with E-state index in [-0.39, 0.29) is 17.7 Å². The van der Waals surface area contributed by atoms with E-state index in [1.165, 1.54) is 0 Å². The van der Waals surface area contributed by atoms with E-state index in [2.05, 4.69) is 9.98 Å². The Kier molecular flexibility index (Phi) is 2.52. The van der Waals surface area contributed by atoms with Gasteiger partial charge in [0, 0.05) is 0 Å². The van der Waals surface area contributed by atoms with Crippen LogP contribution in [0.3, 0.4) is 0 Å². The molecule has 0 atom stereocenters. The summed E-state index contributed by atoms with van der Waals surface area (Å²) < 4.78 is 0. The number of aliphatic imine (C=N–C) groups is 1. The van der Waals surface area contributed by atoms with Crippen molar-refractivity contribution in [2.75, 3.05) is 0 Å². The number of rotatable bonds is 2. The van der Waals surface area contributed by atoms with Gasteiger partial charge in [-0.05, 0) is 11.5 Å². The minimum absolute atomic E-state index is 0.0205. The summed E-state index contributed by atoms with van der Waals surface area (Å²) in [6.45, 7) is 3.91. The molecule has 0 aliphatic carbocycles. The number of aromatic hydroxyl groups is 1. The Hall–Kier alpha value is -2.36. The van der Waals surface area contributed by atoms with Gasteiger partial charge in [0.1, 0.15) is 0 Å². The Labute approximate surface area is 110 Å². The van der Waals surface area contributed by atoms with E-state index in [1.807, 2.05) is 44.2 Å². The van der Waals surface area contributed by atoms with Crippen molar-refractivity contribution < 1.29 is 9.90 Å². The van der Waals surface area contributed by atoms with Crippen molar-refractivity contribution in [1.82, 2.24) is 4.98 Å². The average molecular weight is 254 g/mol. The lowest BCUT2D eigenvalue weighted by molar-refractivity contribution is 0.101. The molecule has 0 fully saturated rings.